The van der Waals surface area contributed by atoms with Gasteiger partial charge in [-0.15, -0.1) is 11.3 Å². The Labute approximate surface area is 145 Å². The van der Waals surface area contributed by atoms with Gasteiger partial charge in [0.05, 0.1) is 13.0 Å². The van der Waals surface area contributed by atoms with E-state index in [0.29, 0.717) is 32.5 Å². The van der Waals surface area contributed by atoms with Gasteiger partial charge in [-0.3, -0.25) is 4.79 Å². The minimum Gasteiger partial charge on any atom is -0.469 e. The SMILES string of the molecule is COC(=O)C1CCN(C(=O)NCCc2csc3ccccc23)CC1. The average molecular weight is 346 g/mol. The lowest BCUT2D eigenvalue weighted by molar-refractivity contribution is -0.146. The molecule has 1 aromatic carbocycles. The number of likely N-dealkylation sites (tertiary alicyclic amines) is 1. The molecule has 0 aliphatic carbocycles. The van der Waals surface area contributed by atoms with Crippen molar-refractivity contribution in [1.82, 2.24) is 10.2 Å². The lowest BCUT2D eigenvalue weighted by Crippen LogP contribution is -2.46. The monoisotopic (exact) mass is 346 g/mol. The minimum absolute atomic E-state index is 0.0437. The maximum absolute atomic E-state index is 12.2. The normalized spacial score (nSPS) is 15.5. The van der Waals surface area contributed by atoms with Gasteiger partial charge in [0.25, 0.3) is 0 Å². The van der Waals surface area contributed by atoms with Gasteiger partial charge in [0.1, 0.15) is 0 Å². The quantitative estimate of drug-likeness (QED) is 0.866. The summed E-state index contributed by atoms with van der Waals surface area (Å²) in [6, 6.07) is 8.29. The average Bonchev–Trinajstić information content (AvgIpc) is 3.04. The molecule has 5 nitrogen and oxygen atoms in total. The van der Waals surface area contributed by atoms with Gasteiger partial charge in [-0.1, -0.05) is 18.2 Å². The first-order valence-corrected chi connectivity index (χ1v) is 9.12. The lowest BCUT2D eigenvalue weighted by Gasteiger charge is -2.30. The summed E-state index contributed by atoms with van der Waals surface area (Å²) in [4.78, 5) is 25.5. The molecule has 2 heterocycles. The van der Waals surface area contributed by atoms with Crippen LogP contribution in [0.2, 0.25) is 0 Å². The Hall–Kier alpha value is -2.08. The molecular weight excluding hydrogens is 324 g/mol. The zero-order valence-corrected chi connectivity index (χ0v) is 14.6. The number of piperidine rings is 1. The molecule has 1 fully saturated rings. The van der Waals surface area contributed by atoms with Crippen molar-refractivity contribution < 1.29 is 14.3 Å². The third-order valence-electron chi connectivity index (χ3n) is 4.55. The fraction of sp³-hybridized carbons (Fsp3) is 0.444. The molecular formula is C18H22N2O3S. The van der Waals surface area contributed by atoms with E-state index < -0.39 is 0 Å². The van der Waals surface area contributed by atoms with Crippen LogP contribution in [-0.4, -0.2) is 43.6 Å². The molecule has 0 bridgehead atoms. The predicted molar refractivity (Wildman–Crippen MR) is 95.2 cm³/mol. The van der Waals surface area contributed by atoms with Crippen LogP contribution in [-0.2, 0) is 16.0 Å². The molecule has 1 saturated heterocycles. The fourth-order valence-electron chi connectivity index (χ4n) is 3.13. The highest BCUT2D eigenvalue weighted by atomic mass is 32.1. The molecule has 128 valence electrons. The van der Waals surface area contributed by atoms with Crippen LogP contribution in [0.3, 0.4) is 0 Å². The Morgan fingerprint density at radius 2 is 2.04 bits per heavy atom. The maximum atomic E-state index is 12.2. The van der Waals surface area contributed by atoms with Crippen LogP contribution in [0.4, 0.5) is 4.79 Å². The molecule has 2 aromatic rings. The number of thiophene rings is 1. The van der Waals surface area contributed by atoms with Crippen LogP contribution < -0.4 is 5.32 Å². The molecule has 0 atom stereocenters. The number of fused-ring (bicyclic) bond motifs is 1. The molecule has 0 radical (unpaired) electrons. The van der Waals surface area contributed by atoms with E-state index in [1.54, 1.807) is 16.2 Å². The molecule has 6 heteroatoms. The highest BCUT2D eigenvalue weighted by Gasteiger charge is 2.27. The van der Waals surface area contributed by atoms with E-state index in [4.69, 9.17) is 4.74 Å². The molecule has 1 aliphatic heterocycles. The van der Waals surface area contributed by atoms with E-state index in [2.05, 4.69) is 22.8 Å². The first-order chi connectivity index (χ1) is 11.7. The Morgan fingerprint density at radius 3 is 2.79 bits per heavy atom. The van der Waals surface area contributed by atoms with Crippen LogP contribution in [0.1, 0.15) is 18.4 Å². The number of methoxy groups -OCH3 is 1. The van der Waals surface area contributed by atoms with Crippen LogP contribution in [0.25, 0.3) is 10.1 Å². The van der Waals surface area contributed by atoms with Crippen molar-refractivity contribution in [3.63, 3.8) is 0 Å². The summed E-state index contributed by atoms with van der Waals surface area (Å²) in [6.45, 7) is 1.83. The number of urea groups is 1. The summed E-state index contributed by atoms with van der Waals surface area (Å²) in [5.41, 5.74) is 1.28. The second-order valence-corrected chi connectivity index (χ2v) is 6.93. The van der Waals surface area contributed by atoms with Gasteiger partial charge in [-0.25, -0.2) is 4.79 Å². The van der Waals surface area contributed by atoms with Crippen molar-refractivity contribution in [2.75, 3.05) is 26.7 Å². The third-order valence-corrected chi connectivity index (χ3v) is 5.56. The number of ether oxygens (including phenoxy) is 1. The first kappa shape index (κ1) is 16.8. The smallest absolute Gasteiger partial charge is 0.317 e. The molecule has 0 saturated carbocycles. The van der Waals surface area contributed by atoms with E-state index >= 15 is 0 Å². The standard InChI is InChI=1S/C18H22N2O3S/c1-23-17(21)13-7-10-20(11-8-13)18(22)19-9-6-14-12-24-16-5-3-2-4-15(14)16/h2-5,12-13H,6-11H2,1H3,(H,19,22). The van der Waals surface area contributed by atoms with Crippen LogP contribution in [0, 0.1) is 5.92 Å². The molecule has 1 N–H and O–H groups in total. The second-order valence-electron chi connectivity index (χ2n) is 6.02. The van der Waals surface area contributed by atoms with Gasteiger partial charge in [-0.2, -0.15) is 0 Å². The van der Waals surface area contributed by atoms with Gasteiger partial charge in [0, 0.05) is 24.3 Å². The van der Waals surface area contributed by atoms with E-state index in [1.165, 1.54) is 22.8 Å². The zero-order valence-electron chi connectivity index (χ0n) is 13.8. The van der Waals surface area contributed by atoms with Crippen molar-refractivity contribution in [3.05, 3.63) is 35.2 Å². The van der Waals surface area contributed by atoms with E-state index in [0.717, 1.165) is 6.42 Å². The number of benzene rings is 1. The number of esters is 1. The van der Waals surface area contributed by atoms with Crippen LogP contribution in [0.5, 0.6) is 0 Å². The summed E-state index contributed by atoms with van der Waals surface area (Å²) >= 11 is 1.74. The van der Waals surface area contributed by atoms with Crippen LogP contribution >= 0.6 is 11.3 Å². The highest BCUT2D eigenvalue weighted by molar-refractivity contribution is 7.17. The molecule has 1 aliphatic rings. The number of carbonyl (C=O) groups is 2. The first-order valence-electron chi connectivity index (χ1n) is 8.24. The second kappa shape index (κ2) is 7.66. The van der Waals surface area contributed by atoms with Crippen LogP contribution in [0.15, 0.2) is 29.6 Å². The Kier molecular flexibility index (Phi) is 5.35. The van der Waals surface area contributed by atoms with Crippen molar-refractivity contribution in [2.45, 2.75) is 19.3 Å². The van der Waals surface area contributed by atoms with Crippen molar-refractivity contribution in [2.24, 2.45) is 5.92 Å². The summed E-state index contributed by atoms with van der Waals surface area (Å²) in [6.07, 6.45) is 2.18. The van der Waals surface area contributed by atoms with Gasteiger partial charge in [0.15, 0.2) is 0 Å². The minimum atomic E-state index is -0.167. The number of hydrogen-bond acceptors (Lipinski definition) is 4. The molecule has 1 aromatic heterocycles. The van der Waals surface area contributed by atoms with E-state index in [1.807, 2.05) is 12.1 Å². The van der Waals surface area contributed by atoms with Gasteiger partial charge < -0.3 is 15.0 Å². The fourth-order valence-corrected chi connectivity index (χ4v) is 4.12. The van der Waals surface area contributed by atoms with Gasteiger partial charge in [0.2, 0.25) is 0 Å². The summed E-state index contributed by atoms with van der Waals surface area (Å²) in [7, 11) is 1.41. The largest absolute Gasteiger partial charge is 0.469 e. The highest BCUT2D eigenvalue weighted by Crippen LogP contribution is 2.25. The molecule has 3 rings (SSSR count). The zero-order chi connectivity index (χ0) is 16.9. The molecule has 0 spiro atoms. The molecule has 2 amide bonds. The molecule has 0 unspecified atom stereocenters. The number of hydrogen-bond donors (Lipinski definition) is 1. The van der Waals surface area contributed by atoms with Crippen molar-refractivity contribution in [3.8, 4) is 0 Å². The number of rotatable bonds is 4. The van der Waals surface area contributed by atoms with E-state index in [-0.39, 0.29) is 17.9 Å². The Morgan fingerprint density at radius 1 is 1.29 bits per heavy atom. The number of nitrogens with one attached hydrogen (secondary N) is 1. The van der Waals surface area contributed by atoms with Crippen molar-refractivity contribution in [1.29, 1.82) is 0 Å². The van der Waals surface area contributed by atoms with Crippen molar-refractivity contribution >= 4 is 33.4 Å². The maximum Gasteiger partial charge on any atom is 0.317 e. The van der Waals surface area contributed by atoms with E-state index in [9.17, 15) is 9.59 Å². The Balaban J connectivity index is 1.46. The number of carbonyl (C=O) groups excluding carboxylic acids is 2. The third kappa shape index (κ3) is 3.70. The summed E-state index contributed by atoms with van der Waals surface area (Å²) < 4.78 is 6.05. The van der Waals surface area contributed by atoms with Gasteiger partial charge >= 0.3 is 12.0 Å². The summed E-state index contributed by atoms with van der Waals surface area (Å²) in [5.74, 6) is -0.240. The molecule has 24 heavy (non-hydrogen) atoms. The Bertz CT molecular complexity index is 720. The number of amides is 2. The summed E-state index contributed by atoms with van der Waals surface area (Å²) in [5, 5.41) is 6.43. The topological polar surface area (TPSA) is 58.6 Å². The van der Waals surface area contributed by atoms with Gasteiger partial charge in [-0.05, 0) is 41.7 Å². The lowest BCUT2D eigenvalue weighted by atomic mass is 9.97. The number of nitrogens with zero attached hydrogens (tertiary/aromatic N) is 1. The predicted octanol–water partition coefficient (Wildman–Crippen LogP) is 3.04.